The lowest BCUT2D eigenvalue weighted by atomic mass is 10.2. The van der Waals surface area contributed by atoms with Gasteiger partial charge in [0.2, 0.25) is 0 Å². The fourth-order valence-corrected chi connectivity index (χ4v) is 1.41. The molecule has 0 saturated heterocycles. The van der Waals surface area contributed by atoms with E-state index in [4.69, 9.17) is 3.79 Å². The topological polar surface area (TPSA) is 96.0 Å². The van der Waals surface area contributed by atoms with Gasteiger partial charge in [-0.3, -0.25) is 19.2 Å². The summed E-state index contributed by atoms with van der Waals surface area (Å²) in [4.78, 5) is 41.3. The van der Waals surface area contributed by atoms with Gasteiger partial charge in [0, 0.05) is 6.61 Å². The van der Waals surface area contributed by atoms with Crippen LogP contribution < -0.4 is 0 Å². The molecule has 0 aromatic heterocycles. The van der Waals surface area contributed by atoms with E-state index in [1.807, 2.05) is 0 Å². The highest BCUT2D eigenvalue weighted by atomic mass is 27.1. The van der Waals surface area contributed by atoms with E-state index >= 15 is 0 Å². The van der Waals surface area contributed by atoms with Crippen molar-refractivity contribution in [3.05, 3.63) is 0 Å². The van der Waals surface area contributed by atoms with Crippen LogP contribution in [0.25, 0.3) is 0 Å². The molecule has 0 atom stereocenters. The SMILES string of the molecule is CC(C)C[O][Al].CCOC(=O)CC(C)=O.CCOC(=O)CC(C)=O. The summed E-state index contributed by atoms with van der Waals surface area (Å²) in [5, 5.41) is 0. The molecule has 0 heterocycles. The molecule has 24 heavy (non-hydrogen) atoms. The second kappa shape index (κ2) is 19.8. The molecule has 0 N–H and O–H groups in total. The van der Waals surface area contributed by atoms with Gasteiger partial charge < -0.3 is 13.3 Å². The zero-order valence-corrected chi connectivity index (χ0v) is 16.7. The Hall–Kier alpha value is -1.23. The number of hydrogen-bond acceptors (Lipinski definition) is 7. The molecule has 7 nitrogen and oxygen atoms in total. The third-order valence-electron chi connectivity index (χ3n) is 1.83. The number of carbonyl (C=O) groups is 4. The molecule has 0 amide bonds. The minimum absolute atomic E-state index is 0.103. The summed E-state index contributed by atoms with van der Waals surface area (Å²) < 4.78 is 13.7. The van der Waals surface area contributed by atoms with Crippen LogP contribution in [-0.2, 0) is 32.4 Å². The molecule has 0 aromatic carbocycles. The van der Waals surface area contributed by atoms with Gasteiger partial charge in [-0.25, -0.2) is 0 Å². The third kappa shape index (κ3) is 32.6. The number of ketones is 2. The largest absolute Gasteiger partial charge is 0.516 e. The second-order valence-electron chi connectivity index (χ2n) is 5.09. The van der Waals surface area contributed by atoms with Crippen molar-refractivity contribution in [2.24, 2.45) is 5.92 Å². The molecule has 0 aliphatic heterocycles. The van der Waals surface area contributed by atoms with E-state index in [1.54, 1.807) is 13.8 Å². The van der Waals surface area contributed by atoms with Gasteiger partial charge in [0.25, 0.3) is 0 Å². The summed E-state index contributed by atoms with van der Waals surface area (Å²) in [5.74, 6) is -0.542. The van der Waals surface area contributed by atoms with Crippen molar-refractivity contribution in [3.8, 4) is 0 Å². The molecular weight excluding hydrogens is 331 g/mol. The van der Waals surface area contributed by atoms with Crippen molar-refractivity contribution < 1.29 is 32.4 Å². The number of rotatable bonds is 8. The fraction of sp³-hybridized carbons (Fsp3) is 0.750. The maximum atomic E-state index is 10.4. The number of hydrogen-bond donors (Lipinski definition) is 0. The van der Waals surface area contributed by atoms with Crippen LogP contribution >= 0.6 is 0 Å². The van der Waals surface area contributed by atoms with Gasteiger partial charge in [0.1, 0.15) is 24.4 Å². The molecule has 0 bridgehead atoms. The van der Waals surface area contributed by atoms with Crippen molar-refractivity contribution in [2.45, 2.75) is 54.4 Å². The predicted octanol–water partition coefficient (Wildman–Crippen LogP) is 1.80. The lowest BCUT2D eigenvalue weighted by molar-refractivity contribution is -0.146. The van der Waals surface area contributed by atoms with Crippen molar-refractivity contribution in [2.75, 3.05) is 19.8 Å². The van der Waals surface area contributed by atoms with E-state index in [0.29, 0.717) is 19.1 Å². The quantitative estimate of drug-likeness (QED) is 0.370. The molecule has 0 fully saturated rings. The Morgan fingerprint density at radius 3 is 1.29 bits per heavy atom. The van der Waals surface area contributed by atoms with Gasteiger partial charge in [0.15, 0.2) is 0 Å². The second-order valence-corrected chi connectivity index (χ2v) is 5.43. The summed E-state index contributed by atoms with van der Waals surface area (Å²) >= 11 is 2.22. The van der Waals surface area contributed by atoms with E-state index < -0.39 is 11.9 Å². The normalized spacial score (nSPS) is 8.96. The van der Waals surface area contributed by atoms with E-state index in [-0.39, 0.29) is 24.4 Å². The Morgan fingerprint density at radius 2 is 1.17 bits per heavy atom. The van der Waals surface area contributed by atoms with E-state index in [0.717, 1.165) is 6.61 Å². The first-order chi connectivity index (χ1) is 11.1. The number of carbonyl (C=O) groups excluding carboxylic acids is 4. The van der Waals surface area contributed by atoms with Crippen LogP contribution in [0.4, 0.5) is 0 Å². The number of Topliss-reactive ketones (excluding diaryl/α,β-unsaturated/α-hetero) is 2. The van der Waals surface area contributed by atoms with Crippen molar-refractivity contribution in [1.29, 1.82) is 0 Å². The van der Waals surface area contributed by atoms with Gasteiger partial charge in [-0.2, -0.15) is 0 Å². The first-order valence-corrected chi connectivity index (χ1v) is 8.19. The first-order valence-electron chi connectivity index (χ1n) is 7.72. The van der Waals surface area contributed by atoms with Crippen LogP contribution in [0.3, 0.4) is 0 Å². The van der Waals surface area contributed by atoms with Crippen LogP contribution in [0.5, 0.6) is 0 Å². The highest BCUT2D eigenvalue weighted by Crippen LogP contribution is 1.88. The summed E-state index contributed by atoms with van der Waals surface area (Å²) in [6.07, 6.45) is -0.207. The standard InChI is InChI=1S/2C6H10O3.C4H9O.Al/c2*1-3-9-6(8)4-5(2)7;1-4(2)3-5;/h2*3-4H2,1-2H3;4H,3H2,1-2H3;/q;;-1;+1. The molecule has 2 radical (unpaired) electrons. The Morgan fingerprint density at radius 1 is 0.833 bits per heavy atom. The lowest BCUT2D eigenvalue weighted by Gasteiger charge is -2.00. The van der Waals surface area contributed by atoms with E-state index in [2.05, 4.69) is 39.9 Å². The Balaban J connectivity index is -0.000000282. The van der Waals surface area contributed by atoms with Crippen molar-refractivity contribution >= 4 is 40.1 Å². The highest BCUT2D eigenvalue weighted by Gasteiger charge is 2.04. The van der Waals surface area contributed by atoms with Crippen LogP contribution in [0, 0.1) is 5.92 Å². The summed E-state index contributed by atoms with van der Waals surface area (Å²) in [5.41, 5.74) is 0. The monoisotopic (exact) mass is 360 g/mol. The van der Waals surface area contributed by atoms with E-state index in [9.17, 15) is 19.2 Å². The van der Waals surface area contributed by atoms with Gasteiger partial charge >= 0.3 is 28.6 Å². The summed E-state index contributed by atoms with van der Waals surface area (Å²) in [6, 6.07) is 0. The van der Waals surface area contributed by atoms with Crippen molar-refractivity contribution in [1.82, 2.24) is 0 Å². The van der Waals surface area contributed by atoms with Gasteiger partial charge in [-0.15, -0.1) is 0 Å². The number of esters is 2. The van der Waals surface area contributed by atoms with Gasteiger partial charge in [-0.1, -0.05) is 13.8 Å². The predicted molar refractivity (Wildman–Crippen MR) is 90.4 cm³/mol. The molecule has 0 aliphatic carbocycles. The summed E-state index contributed by atoms with van der Waals surface area (Å²) in [6.45, 7) is 11.9. The molecule has 0 aromatic rings. The maximum absolute atomic E-state index is 10.4. The Kier molecular flexibility index (Phi) is 22.8. The van der Waals surface area contributed by atoms with Crippen molar-refractivity contribution in [3.63, 3.8) is 0 Å². The summed E-state index contributed by atoms with van der Waals surface area (Å²) in [7, 11) is 0. The number of ether oxygens (including phenoxy) is 2. The molecule has 138 valence electrons. The molecule has 0 spiro atoms. The maximum Gasteiger partial charge on any atom is 0.369 e. The van der Waals surface area contributed by atoms with Gasteiger partial charge in [0.05, 0.1) is 13.2 Å². The minimum Gasteiger partial charge on any atom is -0.516 e. The lowest BCUT2D eigenvalue weighted by Crippen LogP contribution is -2.07. The molecule has 0 aliphatic rings. The van der Waals surface area contributed by atoms with Crippen LogP contribution in [0.1, 0.15) is 54.4 Å². The van der Waals surface area contributed by atoms with E-state index in [1.165, 1.54) is 13.8 Å². The van der Waals surface area contributed by atoms with Crippen LogP contribution in [0.15, 0.2) is 0 Å². The zero-order valence-electron chi connectivity index (χ0n) is 15.5. The minimum atomic E-state index is -0.440. The zero-order chi connectivity index (χ0) is 19.5. The Labute approximate surface area is 153 Å². The average Bonchev–Trinajstić information content (AvgIpc) is 2.38. The fourth-order valence-electron chi connectivity index (χ4n) is 1.02. The smallest absolute Gasteiger partial charge is 0.369 e. The van der Waals surface area contributed by atoms with Crippen LogP contribution in [-0.4, -0.2) is 59.9 Å². The molecule has 0 unspecified atom stereocenters. The molecule has 8 heteroatoms. The first kappa shape index (κ1) is 27.6. The average molecular weight is 360 g/mol. The molecular formula is C16H29AlO7. The van der Waals surface area contributed by atoms with Crippen LogP contribution in [0.2, 0.25) is 0 Å². The molecule has 0 saturated carbocycles. The highest BCUT2D eigenvalue weighted by molar-refractivity contribution is 5.97. The van der Waals surface area contributed by atoms with Gasteiger partial charge in [-0.05, 0) is 33.6 Å². The Bertz CT molecular complexity index is 337. The third-order valence-corrected chi connectivity index (χ3v) is 2.02. The molecule has 0 rings (SSSR count).